The summed E-state index contributed by atoms with van der Waals surface area (Å²) in [4.78, 5) is 0. The predicted octanol–water partition coefficient (Wildman–Crippen LogP) is 11.1. The molecule has 0 amide bonds. The highest BCUT2D eigenvalue weighted by atomic mass is 16.5. The maximum absolute atomic E-state index is 10.8. The molecule has 3 heteroatoms. The Bertz CT molecular complexity index is 985. The van der Waals surface area contributed by atoms with Crippen LogP contribution in [0.3, 0.4) is 0 Å². The van der Waals surface area contributed by atoms with E-state index in [0.29, 0.717) is 11.5 Å². The van der Waals surface area contributed by atoms with Crippen molar-refractivity contribution >= 4 is 0 Å². The maximum Gasteiger partial charge on any atom is 0.119 e. The number of unbranched alkanes of at least 4 members (excludes halogenated alkanes) is 9. The van der Waals surface area contributed by atoms with E-state index in [-0.39, 0.29) is 23.0 Å². The summed E-state index contributed by atoms with van der Waals surface area (Å²) < 4.78 is 6.92. The molecule has 0 aliphatic carbocycles. The first-order valence-electron chi connectivity index (χ1n) is 16.0. The van der Waals surface area contributed by atoms with Gasteiger partial charge in [0.1, 0.15) is 17.6 Å². The second kappa shape index (κ2) is 15.3. The van der Waals surface area contributed by atoms with E-state index < -0.39 is 0 Å². The van der Waals surface area contributed by atoms with Crippen LogP contribution in [0, 0.1) is 13.8 Å². The third kappa shape index (κ3) is 10.1. The molecule has 2 rings (SSSR count). The van der Waals surface area contributed by atoms with Crippen LogP contribution in [0.15, 0.2) is 24.3 Å². The van der Waals surface area contributed by atoms with Crippen LogP contribution in [-0.4, -0.2) is 16.3 Å². The van der Waals surface area contributed by atoms with E-state index in [1.54, 1.807) is 0 Å². The number of phenols is 2. The van der Waals surface area contributed by atoms with E-state index in [2.05, 4.69) is 81.4 Å². The highest BCUT2D eigenvalue weighted by Crippen LogP contribution is 2.42. The van der Waals surface area contributed by atoms with Crippen molar-refractivity contribution in [3.8, 4) is 11.5 Å². The first-order chi connectivity index (χ1) is 18.7. The minimum Gasteiger partial charge on any atom is -0.508 e. The van der Waals surface area contributed by atoms with Gasteiger partial charge in [-0.1, -0.05) is 113 Å². The fourth-order valence-corrected chi connectivity index (χ4v) is 5.72. The number of hydrogen-bond donors (Lipinski definition) is 2. The summed E-state index contributed by atoms with van der Waals surface area (Å²) in [6.45, 7) is 21.4. The van der Waals surface area contributed by atoms with Crippen LogP contribution in [0.2, 0.25) is 0 Å². The monoisotopic (exact) mass is 552 g/mol. The van der Waals surface area contributed by atoms with Crippen molar-refractivity contribution in [2.45, 2.75) is 163 Å². The van der Waals surface area contributed by atoms with Gasteiger partial charge < -0.3 is 14.9 Å². The molecule has 0 spiro atoms. The molecule has 2 aromatic carbocycles. The average molecular weight is 553 g/mol. The highest BCUT2D eigenvalue weighted by Gasteiger charge is 2.28. The molecule has 0 bridgehead atoms. The normalized spacial score (nSPS) is 13.3. The zero-order valence-electron chi connectivity index (χ0n) is 27.5. The minimum atomic E-state index is -0.276. The van der Waals surface area contributed by atoms with Gasteiger partial charge in [-0.2, -0.15) is 0 Å². The molecule has 226 valence electrons. The van der Waals surface area contributed by atoms with Crippen molar-refractivity contribution in [2.75, 3.05) is 0 Å². The van der Waals surface area contributed by atoms with Crippen LogP contribution in [-0.2, 0) is 15.6 Å². The molecule has 2 aromatic rings. The molecule has 0 aliphatic rings. The summed E-state index contributed by atoms with van der Waals surface area (Å²) in [6, 6.07) is 8.07. The van der Waals surface area contributed by atoms with Crippen LogP contribution in [0.4, 0.5) is 0 Å². The zero-order chi connectivity index (χ0) is 30.1. The summed E-state index contributed by atoms with van der Waals surface area (Å²) >= 11 is 0. The topological polar surface area (TPSA) is 49.7 Å². The van der Waals surface area contributed by atoms with E-state index in [1.807, 2.05) is 12.1 Å². The molecular weight excluding hydrogens is 492 g/mol. The van der Waals surface area contributed by atoms with Gasteiger partial charge in [0.15, 0.2) is 0 Å². The molecule has 0 heterocycles. The Morgan fingerprint density at radius 3 is 1.38 bits per heavy atom. The quantitative estimate of drug-likeness (QED) is 0.216. The van der Waals surface area contributed by atoms with Gasteiger partial charge in [0, 0.05) is 0 Å². The molecule has 0 saturated heterocycles. The highest BCUT2D eigenvalue weighted by molar-refractivity contribution is 5.51. The number of phenolic OH excluding ortho intramolecular Hbond substituents is 2. The molecule has 3 nitrogen and oxygen atoms in total. The molecule has 0 aliphatic heterocycles. The van der Waals surface area contributed by atoms with Crippen molar-refractivity contribution in [2.24, 2.45) is 0 Å². The predicted molar refractivity (Wildman–Crippen MR) is 172 cm³/mol. The Morgan fingerprint density at radius 2 is 1.00 bits per heavy atom. The second-order valence-electron chi connectivity index (χ2n) is 14.2. The van der Waals surface area contributed by atoms with Gasteiger partial charge in [-0.25, -0.2) is 0 Å². The van der Waals surface area contributed by atoms with E-state index in [1.165, 1.54) is 64.2 Å². The van der Waals surface area contributed by atoms with Crippen molar-refractivity contribution in [1.82, 2.24) is 0 Å². The van der Waals surface area contributed by atoms with Gasteiger partial charge in [-0.3, -0.25) is 0 Å². The minimum absolute atomic E-state index is 0.0941. The maximum atomic E-state index is 10.8. The third-order valence-corrected chi connectivity index (χ3v) is 8.28. The molecule has 0 aromatic heterocycles. The Morgan fingerprint density at radius 1 is 0.625 bits per heavy atom. The average Bonchev–Trinajstić information content (AvgIpc) is 2.83. The lowest BCUT2D eigenvalue weighted by atomic mass is 9.80. The van der Waals surface area contributed by atoms with Gasteiger partial charge in [0.25, 0.3) is 0 Å². The van der Waals surface area contributed by atoms with Gasteiger partial charge >= 0.3 is 0 Å². The lowest BCUT2D eigenvalue weighted by Crippen LogP contribution is -2.20. The molecule has 1 atom stereocenters. The van der Waals surface area contributed by atoms with Crippen LogP contribution in [0.1, 0.15) is 166 Å². The molecule has 2 N–H and O–H groups in total. The van der Waals surface area contributed by atoms with Gasteiger partial charge in [0.2, 0.25) is 0 Å². The summed E-state index contributed by atoms with van der Waals surface area (Å²) in [6.07, 6.45) is 14.1. The Labute approximate surface area is 246 Å². The summed E-state index contributed by atoms with van der Waals surface area (Å²) in [5.41, 5.74) is 5.68. The Balaban J connectivity index is 2.26. The first kappa shape index (κ1) is 34.2. The van der Waals surface area contributed by atoms with Gasteiger partial charge in [-0.15, -0.1) is 0 Å². The number of benzene rings is 2. The molecule has 40 heavy (non-hydrogen) atoms. The lowest BCUT2D eigenvalue weighted by molar-refractivity contribution is 0.0125. The number of aromatic hydroxyl groups is 2. The summed E-state index contributed by atoms with van der Waals surface area (Å²) in [5, 5.41) is 21.6. The van der Waals surface area contributed by atoms with Crippen molar-refractivity contribution in [3.05, 3.63) is 57.6 Å². The number of hydrogen-bond acceptors (Lipinski definition) is 3. The van der Waals surface area contributed by atoms with E-state index in [9.17, 15) is 10.2 Å². The molecule has 1 unspecified atom stereocenters. The largest absolute Gasteiger partial charge is 0.508 e. The molecule has 0 radical (unpaired) electrons. The lowest BCUT2D eigenvalue weighted by Gasteiger charge is -2.30. The first-order valence-corrected chi connectivity index (χ1v) is 16.0. The second-order valence-corrected chi connectivity index (χ2v) is 14.2. The van der Waals surface area contributed by atoms with E-state index in [0.717, 1.165) is 39.8 Å². The standard InChI is InChI=1S/C37H60O3/c1-11-12-13-14-15-16-17-18-19-20-21-28(4)40-35(29-24-31(36(5,6)7)33(38)22-26(29)2)30-25-32(37(8,9)10)34(39)23-27(30)3/h22-25,28,35,38-39H,11-21H2,1-10H3. The van der Waals surface area contributed by atoms with E-state index >= 15 is 0 Å². The van der Waals surface area contributed by atoms with Crippen molar-refractivity contribution in [1.29, 1.82) is 0 Å². The van der Waals surface area contributed by atoms with Crippen LogP contribution in [0.5, 0.6) is 11.5 Å². The van der Waals surface area contributed by atoms with Crippen LogP contribution >= 0.6 is 0 Å². The Hall–Kier alpha value is -2.00. The fourth-order valence-electron chi connectivity index (χ4n) is 5.72. The van der Waals surface area contributed by atoms with E-state index in [4.69, 9.17) is 4.74 Å². The summed E-state index contributed by atoms with van der Waals surface area (Å²) in [5.74, 6) is 0.674. The third-order valence-electron chi connectivity index (χ3n) is 8.28. The zero-order valence-corrected chi connectivity index (χ0v) is 27.5. The fraction of sp³-hybridized carbons (Fsp3) is 0.676. The summed E-state index contributed by atoms with van der Waals surface area (Å²) in [7, 11) is 0. The smallest absolute Gasteiger partial charge is 0.119 e. The molecular formula is C37H60O3. The van der Waals surface area contributed by atoms with Gasteiger partial charge in [0.05, 0.1) is 6.10 Å². The SMILES string of the molecule is CCCCCCCCCCCCC(C)OC(c1cc(C(C)(C)C)c(O)cc1C)c1cc(C(C)(C)C)c(O)cc1C. The van der Waals surface area contributed by atoms with Gasteiger partial charge in [-0.05, 0) is 95.7 Å². The number of ether oxygens (including phenoxy) is 1. The van der Waals surface area contributed by atoms with Crippen LogP contribution in [0.25, 0.3) is 0 Å². The molecule has 0 fully saturated rings. The Kier molecular flexibility index (Phi) is 13.1. The van der Waals surface area contributed by atoms with Crippen molar-refractivity contribution in [3.63, 3.8) is 0 Å². The number of aryl methyl sites for hydroxylation is 2. The number of rotatable bonds is 15. The van der Waals surface area contributed by atoms with Crippen LogP contribution < -0.4 is 0 Å². The molecule has 0 saturated carbocycles. The van der Waals surface area contributed by atoms with Crippen molar-refractivity contribution < 1.29 is 14.9 Å².